The number of allylic oxidation sites excluding steroid dienone is 1. The summed E-state index contributed by atoms with van der Waals surface area (Å²) >= 11 is 0. The molecule has 28 heavy (non-hydrogen) atoms. The van der Waals surface area contributed by atoms with Crippen molar-refractivity contribution in [2.75, 3.05) is 31.1 Å². The second-order valence-corrected chi connectivity index (χ2v) is 8.32. The number of nitrogens with zero attached hydrogens (tertiary/aromatic N) is 2. The van der Waals surface area contributed by atoms with Gasteiger partial charge in [-0.1, -0.05) is 43.0 Å². The average molecular weight is 377 g/mol. The van der Waals surface area contributed by atoms with Crippen molar-refractivity contribution in [2.45, 2.75) is 38.5 Å². The fraction of sp³-hybridized carbons (Fsp3) is 0.440. The van der Waals surface area contributed by atoms with Gasteiger partial charge < -0.3 is 14.9 Å². The van der Waals surface area contributed by atoms with Gasteiger partial charge in [0.2, 0.25) is 0 Å². The number of likely N-dealkylation sites (tertiary alicyclic amines) is 1. The van der Waals surface area contributed by atoms with E-state index in [-0.39, 0.29) is 0 Å². The van der Waals surface area contributed by atoms with E-state index in [4.69, 9.17) is 0 Å². The van der Waals surface area contributed by atoms with E-state index in [0.717, 1.165) is 45.4 Å². The second-order valence-electron chi connectivity index (χ2n) is 8.32. The van der Waals surface area contributed by atoms with Crippen LogP contribution in [0.2, 0.25) is 0 Å². The Kier molecular flexibility index (Phi) is 6.01. The molecule has 2 aromatic carbocycles. The molecule has 0 bridgehead atoms. The summed E-state index contributed by atoms with van der Waals surface area (Å²) in [5.41, 5.74) is 5.69. The molecule has 1 fully saturated rings. The van der Waals surface area contributed by atoms with Crippen molar-refractivity contribution in [1.82, 2.24) is 4.90 Å². The quantitative estimate of drug-likeness (QED) is 0.676. The van der Waals surface area contributed by atoms with Gasteiger partial charge in [-0.2, -0.15) is 0 Å². The molecule has 0 amide bonds. The average Bonchev–Trinajstić information content (AvgIpc) is 2.86. The lowest BCUT2D eigenvalue weighted by Gasteiger charge is -2.33. The molecule has 148 valence electrons. The van der Waals surface area contributed by atoms with Crippen molar-refractivity contribution in [3.05, 3.63) is 72.0 Å². The Balaban J connectivity index is 1.39. The van der Waals surface area contributed by atoms with E-state index in [9.17, 15) is 5.11 Å². The van der Waals surface area contributed by atoms with Crippen LogP contribution in [0, 0.1) is 5.92 Å². The van der Waals surface area contributed by atoms with E-state index in [2.05, 4.69) is 64.9 Å². The third kappa shape index (κ3) is 4.41. The minimum atomic E-state index is 0.344. The molecule has 0 atom stereocenters. The molecule has 0 saturated carbocycles. The summed E-state index contributed by atoms with van der Waals surface area (Å²) < 4.78 is 0. The summed E-state index contributed by atoms with van der Waals surface area (Å²) in [7, 11) is 0. The largest absolute Gasteiger partial charge is 0.513 e. The summed E-state index contributed by atoms with van der Waals surface area (Å²) in [6.07, 6.45) is 6.53. The van der Waals surface area contributed by atoms with E-state index in [0.29, 0.717) is 11.7 Å². The van der Waals surface area contributed by atoms with Gasteiger partial charge in [-0.3, -0.25) is 0 Å². The van der Waals surface area contributed by atoms with Gasteiger partial charge in [0.15, 0.2) is 0 Å². The van der Waals surface area contributed by atoms with Crippen molar-refractivity contribution in [2.24, 2.45) is 5.92 Å². The van der Waals surface area contributed by atoms with Crippen molar-refractivity contribution < 1.29 is 5.11 Å². The number of aliphatic hydroxyl groups is 1. The first kappa shape index (κ1) is 19.1. The number of piperidine rings is 1. The number of anilines is 2. The van der Waals surface area contributed by atoms with Crippen LogP contribution in [0.5, 0.6) is 0 Å². The van der Waals surface area contributed by atoms with Gasteiger partial charge in [0, 0.05) is 24.3 Å². The number of para-hydroxylation sites is 2. The standard InChI is InChI=1S/C25H32N2O/c1-20(28)19-21-13-17-26(18-14-21)15-6-16-27-24-9-4-2-7-22(24)11-12-23-8-3-5-10-25(23)27/h2-5,7-10,21,28H,1,6,11-19H2. The van der Waals surface area contributed by atoms with Crippen LogP contribution in [-0.2, 0) is 12.8 Å². The van der Waals surface area contributed by atoms with Crippen LogP contribution >= 0.6 is 0 Å². The maximum atomic E-state index is 9.43. The predicted molar refractivity (Wildman–Crippen MR) is 117 cm³/mol. The van der Waals surface area contributed by atoms with E-state index >= 15 is 0 Å². The molecule has 0 spiro atoms. The first-order chi connectivity index (χ1) is 13.7. The molecule has 2 aromatic rings. The minimum Gasteiger partial charge on any atom is -0.513 e. The molecular weight excluding hydrogens is 344 g/mol. The van der Waals surface area contributed by atoms with Crippen molar-refractivity contribution in [1.29, 1.82) is 0 Å². The van der Waals surface area contributed by atoms with Crippen molar-refractivity contribution in [3.8, 4) is 0 Å². The molecule has 2 heterocycles. The van der Waals surface area contributed by atoms with Gasteiger partial charge in [-0.05, 0) is 80.9 Å². The zero-order valence-electron chi connectivity index (χ0n) is 16.8. The van der Waals surface area contributed by atoms with E-state index < -0.39 is 0 Å². The highest BCUT2D eigenvalue weighted by molar-refractivity contribution is 5.71. The number of aliphatic hydroxyl groups excluding tert-OH is 1. The third-order valence-electron chi connectivity index (χ3n) is 6.32. The molecular formula is C25H32N2O. The first-order valence-corrected chi connectivity index (χ1v) is 10.7. The lowest BCUT2D eigenvalue weighted by atomic mass is 9.93. The summed E-state index contributed by atoms with van der Waals surface area (Å²) in [5.74, 6) is 0.954. The normalized spacial score (nSPS) is 17.6. The predicted octanol–water partition coefficient (Wildman–Crippen LogP) is 5.49. The molecule has 0 unspecified atom stereocenters. The summed E-state index contributed by atoms with van der Waals surface area (Å²) in [6, 6.07) is 17.8. The van der Waals surface area contributed by atoms with Crippen LogP contribution < -0.4 is 4.90 Å². The molecule has 0 aromatic heterocycles. The SMILES string of the molecule is C=C(O)CC1CCN(CCCN2c3ccccc3CCc3ccccc32)CC1. The Labute approximate surface area is 169 Å². The third-order valence-corrected chi connectivity index (χ3v) is 6.32. The van der Waals surface area contributed by atoms with Gasteiger partial charge in [0.1, 0.15) is 0 Å². The maximum Gasteiger partial charge on any atom is 0.0853 e. The Morgan fingerprint density at radius 2 is 1.46 bits per heavy atom. The van der Waals surface area contributed by atoms with Crippen molar-refractivity contribution in [3.63, 3.8) is 0 Å². The molecule has 3 nitrogen and oxygen atoms in total. The Bertz CT molecular complexity index is 760. The summed E-state index contributed by atoms with van der Waals surface area (Å²) in [5, 5.41) is 9.43. The molecule has 1 saturated heterocycles. The molecule has 1 N–H and O–H groups in total. The topological polar surface area (TPSA) is 26.7 Å². The fourth-order valence-electron chi connectivity index (χ4n) is 4.81. The molecule has 0 radical (unpaired) electrons. The number of benzene rings is 2. The van der Waals surface area contributed by atoms with Gasteiger partial charge in [-0.15, -0.1) is 0 Å². The smallest absolute Gasteiger partial charge is 0.0853 e. The first-order valence-electron chi connectivity index (χ1n) is 10.7. The van der Waals surface area contributed by atoms with Gasteiger partial charge in [-0.25, -0.2) is 0 Å². The number of aryl methyl sites for hydroxylation is 2. The van der Waals surface area contributed by atoms with Crippen LogP contribution in [0.1, 0.15) is 36.8 Å². The summed E-state index contributed by atoms with van der Waals surface area (Å²) in [4.78, 5) is 5.13. The maximum absolute atomic E-state index is 9.43. The highest BCUT2D eigenvalue weighted by atomic mass is 16.3. The van der Waals surface area contributed by atoms with Crippen LogP contribution in [0.15, 0.2) is 60.9 Å². The lowest BCUT2D eigenvalue weighted by Crippen LogP contribution is -2.35. The number of hydrogen-bond donors (Lipinski definition) is 1. The molecule has 3 heteroatoms. The van der Waals surface area contributed by atoms with E-state index in [1.165, 1.54) is 41.8 Å². The molecule has 2 aliphatic heterocycles. The Morgan fingerprint density at radius 1 is 0.893 bits per heavy atom. The number of hydrogen-bond acceptors (Lipinski definition) is 3. The van der Waals surface area contributed by atoms with E-state index in [1.807, 2.05) is 0 Å². The minimum absolute atomic E-state index is 0.344. The monoisotopic (exact) mass is 376 g/mol. The van der Waals surface area contributed by atoms with Crippen LogP contribution in [0.25, 0.3) is 0 Å². The summed E-state index contributed by atoms with van der Waals surface area (Å²) in [6.45, 7) is 8.14. The Morgan fingerprint density at radius 3 is 2.04 bits per heavy atom. The van der Waals surface area contributed by atoms with Crippen molar-refractivity contribution >= 4 is 11.4 Å². The van der Waals surface area contributed by atoms with E-state index in [1.54, 1.807) is 0 Å². The second kappa shape index (κ2) is 8.83. The lowest BCUT2D eigenvalue weighted by molar-refractivity contribution is 0.175. The van der Waals surface area contributed by atoms with Crippen LogP contribution in [-0.4, -0.2) is 36.2 Å². The van der Waals surface area contributed by atoms with Crippen LogP contribution in [0.4, 0.5) is 11.4 Å². The number of fused-ring (bicyclic) bond motifs is 2. The Hall–Kier alpha value is -2.26. The zero-order chi connectivity index (χ0) is 19.3. The zero-order valence-corrected chi connectivity index (χ0v) is 16.8. The van der Waals surface area contributed by atoms with Crippen LogP contribution in [0.3, 0.4) is 0 Å². The number of rotatable bonds is 6. The highest BCUT2D eigenvalue weighted by Gasteiger charge is 2.22. The van der Waals surface area contributed by atoms with Gasteiger partial charge >= 0.3 is 0 Å². The fourth-order valence-corrected chi connectivity index (χ4v) is 4.81. The molecule has 2 aliphatic rings. The molecule has 0 aliphatic carbocycles. The molecule has 4 rings (SSSR count). The van der Waals surface area contributed by atoms with Gasteiger partial charge in [0.05, 0.1) is 5.76 Å². The highest BCUT2D eigenvalue weighted by Crippen LogP contribution is 2.36. The van der Waals surface area contributed by atoms with Gasteiger partial charge in [0.25, 0.3) is 0 Å².